The van der Waals surface area contributed by atoms with Gasteiger partial charge in [0.2, 0.25) is 5.82 Å². The summed E-state index contributed by atoms with van der Waals surface area (Å²) in [7, 11) is 1.63. The number of nitrogens with zero attached hydrogens (tertiary/aromatic N) is 3. The second kappa shape index (κ2) is 10.2. The smallest absolute Gasteiger partial charge is 0.290 e. The monoisotopic (exact) mass is 458 g/mol. The normalized spacial score (nSPS) is 10.7. The van der Waals surface area contributed by atoms with Crippen molar-refractivity contribution in [3.8, 4) is 22.8 Å². The lowest BCUT2D eigenvalue weighted by Crippen LogP contribution is -2.26. The fraction of sp³-hybridized carbons (Fsp3) is 0.286. The van der Waals surface area contributed by atoms with Crippen LogP contribution in [-0.2, 0) is 4.74 Å². The maximum absolute atomic E-state index is 12.5. The van der Waals surface area contributed by atoms with Crippen molar-refractivity contribution >= 4 is 21.8 Å². The van der Waals surface area contributed by atoms with Gasteiger partial charge in [0.15, 0.2) is 5.82 Å². The van der Waals surface area contributed by atoms with Gasteiger partial charge in [-0.1, -0.05) is 28.1 Å². The van der Waals surface area contributed by atoms with Gasteiger partial charge >= 0.3 is 0 Å². The van der Waals surface area contributed by atoms with Crippen molar-refractivity contribution in [2.24, 2.45) is 0 Å². The first-order valence-electron chi connectivity index (χ1n) is 9.35. The summed E-state index contributed by atoms with van der Waals surface area (Å²) in [5.41, 5.74) is 1.64. The standard InChI is InChI=1S/C21H23BrN4O3/c1-3-29-18-11-9-17(10-12-18)26-20(15-5-7-16(22)8-6-15)24-19(25-26)21(27)23-13-4-14-28-2/h5-12H,3-4,13-14H2,1-2H3,(H,23,27). The zero-order valence-corrected chi connectivity index (χ0v) is 18.0. The Hall–Kier alpha value is -2.71. The first-order chi connectivity index (χ1) is 14.1. The average Bonchev–Trinajstić information content (AvgIpc) is 3.18. The SMILES string of the molecule is CCOc1ccc(-n2nc(C(=O)NCCCOC)nc2-c2ccc(Br)cc2)cc1. The molecule has 0 aliphatic carbocycles. The van der Waals surface area contributed by atoms with Crippen LogP contribution in [0, 0.1) is 0 Å². The van der Waals surface area contributed by atoms with Gasteiger partial charge in [-0.2, -0.15) is 0 Å². The minimum absolute atomic E-state index is 0.120. The highest BCUT2D eigenvalue weighted by Crippen LogP contribution is 2.24. The van der Waals surface area contributed by atoms with Crippen molar-refractivity contribution in [3.05, 3.63) is 58.8 Å². The van der Waals surface area contributed by atoms with Crippen LogP contribution in [-0.4, -0.2) is 47.5 Å². The van der Waals surface area contributed by atoms with Crippen LogP contribution in [0.2, 0.25) is 0 Å². The second-order valence-electron chi connectivity index (χ2n) is 6.21. The third kappa shape index (κ3) is 5.42. The van der Waals surface area contributed by atoms with E-state index in [1.165, 1.54) is 0 Å². The fourth-order valence-corrected chi connectivity index (χ4v) is 2.99. The van der Waals surface area contributed by atoms with Gasteiger partial charge in [0, 0.05) is 30.3 Å². The van der Waals surface area contributed by atoms with Gasteiger partial charge in [-0.05, 0) is 49.7 Å². The maximum atomic E-state index is 12.5. The molecule has 0 spiro atoms. The number of nitrogens with one attached hydrogen (secondary N) is 1. The van der Waals surface area contributed by atoms with Crippen molar-refractivity contribution in [3.63, 3.8) is 0 Å². The highest BCUT2D eigenvalue weighted by atomic mass is 79.9. The van der Waals surface area contributed by atoms with Crippen LogP contribution in [0.3, 0.4) is 0 Å². The van der Waals surface area contributed by atoms with E-state index in [1.807, 2.05) is 55.5 Å². The molecule has 7 nitrogen and oxygen atoms in total. The number of carbonyl (C=O) groups excluding carboxylic acids is 1. The van der Waals surface area contributed by atoms with Crippen LogP contribution in [0.1, 0.15) is 24.0 Å². The topological polar surface area (TPSA) is 78.3 Å². The molecule has 8 heteroatoms. The molecule has 2 aromatic carbocycles. The van der Waals surface area contributed by atoms with Crippen molar-refractivity contribution in [2.45, 2.75) is 13.3 Å². The van der Waals surface area contributed by atoms with Crippen LogP contribution in [0.4, 0.5) is 0 Å². The van der Waals surface area contributed by atoms with Gasteiger partial charge < -0.3 is 14.8 Å². The zero-order valence-electron chi connectivity index (χ0n) is 16.4. The van der Waals surface area contributed by atoms with Gasteiger partial charge in [-0.25, -0.2) is 9.67 Å². The molecule has 1 heterocycles. The summed E-state index contributed by atoms with van der Waals surface area (Å²) in [4.78, 5) is 17.0. The van der Waals surface area contributed by atoms with Crippen LogP contribution < -0.4 is 10.1 Å². The summed E-state index contributed by atoms with van der Waals surface area (Å²) in [6.45, 7) is 3.62. The molecule has 0 saturated heterocycles. The maximum Gasteiger partial charge on any atom is 0.290 e. The molecule has 152 valence electrons. The van der Waals surface area contributed by atoms with Crippen LogP contribution in [0.5, 0.6) is 5.75 Å². The molecule has 0 radical (unpaired) electrons. The molecule has 1 N–H and O–H groups in total. The summed E-state index contributed by atoms with van der Waals surface area (Å²) in [6, 6.07) is 15.2. The number of ether oxygens (including phenoxy) is 2. The Morgan fingerprint density at radius 2 is 1.86 bits per heavy atom. The molecule has 0 bridgehead atoms. The molecule has 0 saturated carbocycles. The van der Waals surface area contributed by atoms with Crippen molar-refractivity contribution in [1.82, 2.24) is 20.1 Å². The molecule has 0 fully saturated rings. The van der Waals surface area contributed by atoms with Gasteiger partial charge in [0.25, 0.3) is 5.91 Å². The van der Waals surface area contributed by atoms with E-state index in [0.717, 1.165) is 27.9 Å². The molecular weight excluding hydrogens is 436 g/mol. The Labute approximate surface area is 178 Å². The first kappa shape index (κ1) is 21.0. The molecule has 3 rings (SSSR count). The van der Waals surface area contributed by atoms with Crippen LogP contribution in [0.15, 0.2) is 53.0 Å². The van der Waals surface area contributed by atoms with Crippen molar-refractivity contribution in [2.75, 3.05) is 26.9 Å². The Morgan fingerprint density at radius 3 is 2.52 bits per heavy atom. The highest BCUT2D eigenvalue weighted by molar-refractivity contribution is 9.10. The van der Waals surface area contributed by atoms with E-state index in [-0.39, 0.29) is 11.7 Å². The Kier molecular flexibility index (Phi) is 7.37. The van der Waals surface area contributed by atoms with Gasteiger partial charge in [-0.3, -0.25) is 4.79 Å². The molecule has 0 aliphatic rings. The lowest BCUT2D eigenvalue weighted by Gasteiger charge is -2.08. The van der Waals surface area contributed by atoms with E-state index < -0.39 is 0 Å². The number of methoxy groups -OCH3 is 1. The lowest BCUT2D eigenvalue weighted by atomic mass is 10.2. The third-order valence-electron chi connectivity index (χ3n) is 4.12. The number of amides is 1. The third-order valence-corrected chi connectivity index (χ3v) is 4.64. The van der Waals surface area contributed by atoms with Crippen molar-refractivity contribution in [1.29, 1.82) is 0 Å². The van der Waals surface area contributed by atoms with E-state index in [0.29, 0.717) is 25.6 Å². The number of carbonyl (C=O) groups is 1. The predicted molar refractivity (Wildman–Crippen MR) is 114 cm³/mol. The number of aromatic nitrogens is 3. The molecule has 1 amide bonds. The van der Waals surface area contributed by atoms with E-state index in [2.05, 4.69) is 31.3 Å². The zero-order chi connectivity index (χ0) is 20.6. The number of rotatable bonds is 9. The van der Waals surface area contributed by atoms with E-state index in [1.54, 1.807) is 11.8 Å². The van der Waals surface area contributed by atoms with Crippen LogP contribution in [0.25, 0.3) is 17.1 Å². The minimum Gasteiger partial charge on any atom is -0.494 e. The molecule has 0 atom stereocenters. The van der Waals surface area contributed by atoms with E-state index in [9.17, 15) is 4.79 Å². The Morgan fingerprint density at radius 1 is 1.14 bits per heavy atom. The van der Waals surface area contributed by atoms with E-state index in [4.69, 9.17) is 9.47 Å². The van der Waals surface area contributed by atoms with Gasteiger partial charge in [-0.15, -0.1) is 5.10 Å². The molecule has 29 heavy (non-hydrogen) atoms. The fourth-order valence-electron chi connectivity index (χ4n) is 2.72. The second-order valence-corrected chi connectivity index (χ2v) is 7.12. The van der Waals surface area contributed by atoms with E-state index >= 15 is 0 Å². The first-order valence-corrected chi connectivity index (χ1v) is 10.1. The predicted octanol–water partition coefficient (Wildman–Crippen LogP) is 3.86. The summed E-state index contributed by atoms with van der Waals surface area (Å²) in [6.07, 6.45) is 0.724. The number of hydrogen-bond acceptors (Lipinski definition) is 5. The summed E-state index contributed by atoms with van der Waals surface area (Å²) >= 11 is 3.44. The molecule has 0 unspecified atom stereocenters. The highest BCUT2D eigenvalue weighted by Gasteiger charge is 2.18. The van der Waals surface area contributed by atoms with Gasteiger partial charge in [0.05, 0.1) is 12.3 Å². The number of halogens is 1. The summed E-state index contributed by atoms with van der Waals surface area (Å²) < 4.78 is 13.1. The number of benzene rings is 2. The summed E-state index contributed by atoms with van der Waals surface area (Å²) in [5, 5.41) is 7.29. The molecule has 3 aromatic rings. The largest absolute Gasteiger partial charge is 0.494 e. The molecule has 1 aromatic heterocycles. The lowest BCUT2D eigenvalue weighted by molar-refractivity contribution is 0.0938. The number of hydrogen-bond donors (Lipinski definition) is 1. The Bertz CT molecular complexity index is 940. The van der Waals surface area contributed by atoms with Crippen molar-refractivity contribution < 1.29 is 14.3 Å². The average molecular weight is 459 g/mol. The quantitative estimate of drug-likeness (QED) is 0.492. The summed E-state index contributed by atoms with van der Waals surface area (Å²) in [5.74, 6) is 1.17. The minimum atomic E-state index is -0.316. The van der Waals surface area contributed by atoms with Crippen LogP contribution >= 0.6 is 15.9 Å². The van der Waals surface area contributed by atoms with Gasteiger partial charge in [0.1, 0.15) is 5.75 Å². The molecular formula is C21H23BrN4O3. The molecule has 0 aliphatic heterocycles. The Balaban J connectivity index is 1.93.